The summed E-state index contributed by atoms with van der Waals surface area (Å²) in [7, 11) is 1.73. The number of amides is 3. The van der Waals surface area contributed by atoms with Gasteiger partial charge in [0.25, 0.3) is 5.91 Å². The van der Waals surface area contributed by atoms with Crippen LogP contribution in [0.15, 0.2) is 4.99 Å². The number of urea groups is 1. The standard InChI is InChI=1S/C21H33N6O2/c1-14(2)13-26-15(3)16(4)27-17-18(22-20(26)27)23(5)21(29)25(19(17)28)12-11-24-9-7-6-8-10-24/h14,17H,6-13H2,1-5H3/q+1. The van der Waals surface area contributed by atoms with E-state index in [4.69, 9.17) is 4.99 Å². The fourth-order valence-corrected chi connectivity index (χ4v) is 4.72. The molecule has 1 aromatic rings. The van der Waals surface area contributed by atoms with E-state index in [0.717, 1.165) is 43.5 Å². The first kappa shape index (κ1) is 20.1. The zero-order valence-electron chi connectivity index (χ0n) is 18.3. The molecule has 0 aromatic carbocycles. The Morgan fingerprint density at radius 1 is 1.10 bits per heavy atom. The zero-order chi connectivity index (χ0) is 20.9. The molecule has 0 bridgehead atoms. The van der Waals surface area contributed by atoms with E-state index in [-0.39, 0.29) is 11.9 Å². The van der Waals surface area contributed by atoms with Crippen LogP contribution in [-0.2, 0) is 11.3 Å². The molecular weight excluding hydrogens is 368 g/mol. The van der Waals surface area contributed by atoms with Gasteiger partial charge in [-0.3, -0.25) is 14.6 Å². The van der Waals surface area contributed by atoms with Crippen LogP contribution < -0.4 is 4.57 Å². The Morgan fingerprint density at radius 2 is 1.79 bits per heavy atom. The third kappa shape index (κ3) is 3.27. The number of aliphatic imine (C=N–C) groups is 1. The van der Waals surface area contributed by atoms with Crippen molar-refractivity contribution in [3.63, 3.8) is 0 Å². The number of likely N-dealkylation sites (tertiary alicyclic amines) is 1. The fraction of sp³-hybridized carbons (Fsp3) is 0.714. The van der Waals surface area contributed by atoms with Crippen LogP contribution in [0.1, 0.15) is 50.5 Å². The third-order valence-electron chi connectivity index (χ3n) is 6.46. The third-order valence-corrected chi connectivity index (χ3v) is 6.46. The lowest BCUT2D eigenvalue weighted by molar-refractivity contribution is -0.694. The molecule has 1 aromatic heterocycles. The number of hydrogen-bond acceptors (Lipinski definition) is 4. The quantitative estimate of drug-likeness (QED) is 0.709. The minimum Gasteiger partial charge on any atom is -0.302 e. The van der Waals surface area contributed by atoms with Crippen molar-refractivity contribution in [1.29, 1.82) is 0 Å². The number of likely N-dealkylation sites (N-methyl/N-ethyl adjacent to an activating group) is 1. The molecule has 4 rings (SSSR count). The van der Waals surface area contributed by atoms with Gasteiger partial charge in [0, 0.05) is 20.1 Å². The molecule has 3 amide bonds. The molecule has 8 heteroatoms. The monoisotopic (exact) mass is 401 g/mol. The lowest BCUT2D eigenvalue weighted by Crippen LogP contribution is -2.59. The van der Waals surface area contributed by atoms with Crippen LogP contribution in [0.3, 0.4) is 0 Å². The summed E-state index contributed by atoms with van der Waals surface area (Å²) < 4.78 is 4.20. The van der Waals surface area contributed by atoms with Gasteiger partial charge in [-0.2, -0.15) is 0 Å². The summed E-state index contributed by atoms with van der Waals surface area (Å²) in [6, 6.07) is -0.807. The maximum absolute atomic E-state index is 13.4. The highest BCUT2D eigenvalue weighted by atomic mass is 16.2. The average Bonchev–Trinajstić information content (AvgIpc) is 3.19. The normalized spacial score (nSPS) is 22.4. The second kappa shape index (κ2) is 7.55. The smallest absolute Gasteiger partial charge is 0.302 e. The number of piperidine rings is 1. The molecule has 8 nitrogen and oxygen atoms in total. The van der Waals surface area contributed by atoms with Gasteiger partial charge in [0.1, 0.15) is 11.4 Å². The van der Waals surface area contributed by atoms with Gasteiger partial charge in [0.2, 0.25) is 11.9 Å². The van der Waals surface area contributed by atoms with E-state index in [0.29, 0.717) is 18.3 Å². The first-order valence-electron chi connectivity index (χ1n) is 10.8. The predicted octanol–water partition coefficient (Wildman–Crippen LogP) is 2.01. The highest BCUT2D eigenvalue weighted by Crippen LogP contribution is 2.35. The number of carbonyl (C=O) groups excluding carboxylic acids is 2. The van der Waals surface area contributed by atoms with Crippen molar-refractivity contribution in [3.05, 3.63) is 11.4 Å². The predicted molar refractivity (Wildman–Crippen MR) is 110 cm³/mol. The number of fused-ring (bicyclic) bond motifs is 3. The van der Waals surface area contributed by atoms with E-state index in [1.165, 1.54) is 24.2 Å². The van der Waals surface area contributed by atoms with E-state index in [1.807, 2.05) is 11.5 Å². The largest absolute Gasteiger partial charge is 0.402 e. The van der Waals surface area contributed by atoms with Crippen molar-refractivity contribution >= 4 is 23.7 Å². The van der Waals surface area contributed by atoms with Crippen molar-refractivity contribution in [2.45, 2.75) is 59.5 Å². The summed E-state index contributed by atoms with van der Waals surface area (Å²) in [5.74, 6) is 1.63. The molecule has 3 aliphatic rings. The summed E-state index contributed by atoms with van der Waals surface area (Å²) in [5, 5.41) is 0. The number of imidazole rings is 1. The van der Waals surface area contributed by atoms with Gasteiger partial charge in [-0.1, -0.05) is 25.3 Å². The van der Waals surface area contributed by atoms with Gasteiger partial charge in [0.15, 0.2) is 0 Å². The van der Waals surface area contributed by atoms with E-state index < -0.39 is 6.04 Å². The Kier molecular flexibility index (Phi) is 5.23. The van der Waals surface area contributed by atoms with Crippen molar-refractivity contribution in [2.24, 2.45) is 10.9 Å². The molecule has 0 aliphatic carbocycles. The first-order chi connectivity index (χ1) is 13.8. The van der Waals surface area contributed by atoms with E-state index in [1.54, 1.807) is 11.9 Å². The number of amidine groups is 1. The van der Waals surface area contributed by atoms with Crippen LogP contribution in [0.25, 0.3) is 0 Å². The Morgan fingerprint density at radius 3 is 2.45 bits per heavy atom. The Hall–Kier alpha value is -2.22. The van der Waals surface area contributed by atoms with Gasteiger partial charge < -0.3 is 4.90 Å². The lowest BCUT2D eigenvalue weighted by Gasteiger charge is -2.35. The summed E-state index contributed by atoms with van der Waals surface area (Å²) >= 11 is 0. The van der Waals surface area contributed by atoms with Gasteiger partial charge >= 0.3 is 12.0 Å². The molecule has 1 unspecified atom stereocenters. The van der Waals surface area contributed by atoms with Crippen LogP contribution in [0.2, 0.25) is 0 Å². The second-order valence-electron chi connectivity index (χ2n) is 8.95. The number of imide groups is 1. The summed E-state index contributed by atoms with van der Waals surface area (Å²) in [5.41, 5.74) is 2.17. The van der Waals surface area contributed by atoms with Crippen LogP contribution in [-0.4, -0.2) is 70.3 Å². The highest BCUT2D eigenvalue weighted by Gasteiger charge is 2.54. The molecule has 4 heterocycles. The Bertz CT molecular complexity index is 865. The number of carbonyl (C=O) groups is 2. The van der Waals surface area contributed by atoms with Gasteiger partial charge in [-0.15, -0.1) is 0 Å². The molecular formula is C21H33N6O2+. The van der Waals surface area contributed by atoms with Crippen molar-refractivity contribution < 1.29 is 14.2 Å². The molecule has 158 valence electrons. The molecule has 2 fully saturated rings. The van der Waals surface area contributed by atoms with Crippen LogP contribution in [0.4, 0.5) is 10.7 Å². The van der Waals surface area contributed by atoms with Gasteiger partial charge in [-0.25, -0.2) is 13.9 Å². The SMILES string of the molecule is Cc1c(C)[n+](CC(C)C)c2n1C1C(=O)N(CCN3CCCCC3)C(=O)N(C)C1=N2. The number of aromatic nitrogens is 2. The second-order valence-corrected chi connectivity index (χ2v) is 8.95. The maximum Gasteiger partial charge on any atom is 0.402 e. The van der Waals surface area contributed by atoms with Crippen LogP contribution >= 0.6 is 0 Å². The van der Waals surface area contributed by atoms with E-state index in [9.17, 15) is 9.59 Å². The van der Waals surface area contributed by atoms with E-state index in [2.05, 4.69) is 30.2 Å². The highest BCUT2D eigenvalue weighted by molar-refractivity contribution is 6.20. The summed E-state index contributed by atoms with van der Waals surface area (Å²) in [4.78, 5) is 36.5. The fourth-order valence-electron chi connectivity index (χ4n) is 4.72. The molecule has 1 atom stereocenters. The van der Waals surface area contributed by atoms with Gasteiger partial charge in [-0.05, 0) is 45.7 Å². The molecule has 3 aliphatic heterocycles. The zero-order valence-corrected chi connectivity index (χ0v) is 18.3. The van der Waals surface area contributed by atoms with Gasteiger partial charge in [0.05, 0.1) is 6.54 Å². The molecule has 0 saturated carbocycles. The number of rotatable bonds is 5. The maximum atomic E-state index is 13.4. The minimum atomic E-state index is -0.541. The number of nitrogens with zero attached hydrogens (tertiary/aromatic N) is 6. The molecule has 0 N–H and O–H groups in total. The van der Waals surface area contributed by atoms with E-state index >= 15 is 0 Å². The van der Waals surface area contributed by atoms with Crippen molar-refractivity contribution in [2.75, 3.05) is 33.2 Å². The first-order valence-corrected chi connectivity index (χ1v) is 10.8. The lowest BCUT2D eigenvalue weighted by atomic mass is 10.1. The van der Waals surface area contributed by atoms with Crippen LogP contribution in [0.5, 0.6) is 0 Å². The van der Waals surface area contributed by atoms with Crippen molar-refractivity contribution in [1.82, 2.24) is 19.3 Å². The Labute approximate surface area is 172 Å². The molecule has 2 saturated heterocycles. The van der Waals surface area contributed by atoms with Crippen LogP contribution in [0, 0.1) is 19.8 Å². The topological polar surface area (TPSA) is 65.0 Å². The number of hydrogen-bond donors (Lipinski definition) is 0. The molecule has 0 radical (unpaired) electrons. The summed E-state index contributed by atoms with van der Waals surface area (Å²) in [6.45, 7) is 12.6. The summed E-state index contributed by atoms with van der Waals surface area (Å²) in [6.07, 6.45) is 3.67. The van der Waals surface area contributed by atoms with Crippen molar-refractivity contribution in [3.8, 4) is 0 Å². The molecule has 29 heavy (non-hydrogen) atoms. The Balaban J connectivity index is 1.63. The minimum absolute atomic E-state index is 0.155. The molecule has 0 spiro atoms. The average molecular weight is 402 g/mol.